The van der Waals surface area contributed by atoms with Crippen LogP contribution >= 0.6 is 11.3 Å². The molecular weight excluding hydrogens is 431 g/mol. The first-order chi connectivity index (χ1) is 15.6. The van der Waals surface area contributed by atoms with Gasteiger partial charge in [0.15, 0.2) is 0 Å². The molecule has 160 valence electrons. The highest BCUT2D eigenvalue weighted by atomic mass is 32.1. The second-order valence-corrected chi connectivity index (χ2v) is 7.56. The predicted octanol–water partition coefficient (Wildman–Crippen LogP) is 5.88. The van der Waals surface area contributed by atoms with Crippen molar-refractivity contribution in [3.8, 4) is 17.0 Å². The average molecular weight is 448 g/mol. The molecule has 4 aromatic rings. The van der Waals surface area contributed by atoms with Gasteiger partial charge in [-0.15, -0.1) is 11.3 Å². The molecule has 32 heavy (non-hydrogen) atoms. The lowest BCUT2D eigenvalue weighted by atomic mass is 10.1. The highest BCUT2D eigenvalue weighted by molar-refractivity contribution is 7.14. The fourth-order valence-corrected chi connectivity index (χ4v) is 3.47. The number of thiazole rings is 1. The van der Waals surface area contributed by atoms with E-state index >= 15 is 0 Å². The summed E-state index contributed by atoms with van der Waals surface area (Å²) in [7, 11) is 0. The lowest BCUT2D eigenvalue weighted by molar-refractivity contribution is -0.384. The first-order valence-electron chi connectivity index (χ1n) is 9.53. The molecule has 9 heteroatoms. The Kier molecular flexibility index (Phi) is 6.47. The molecule has 1 heterocycles. The highest BCUT2D eigenvalue weighted by Gasteiger charge is 2.08. The normalized spacial score (nSPS) is 10.9. The Balaban J connectivity index is 1.34. The molecule has 0 atom stereocenters. The number of hydrogen-bond donors (Lipinski definition) is 1. The number of halogens is 1. The van der Waals surface area contributed by atoms with Crippen LogP contribution in [0.3, 0.4) is 0 Å². The maximum absolute atomic E-state index is 13.0. The molecule has 0 bridgehead atoms. The Labute approximate surface area is 187 Å². The van der Waals surface area contributed by atoms with Crippen molar-refractivity contribution in [3.05, 3.63) is 105 Å². The number of nitro benzene ring substituents is 1. The molecule has 0 amide bonds. The zero-order valence-electron chi connectivity index (χ0n) is 16.6. The number of nitrogens with zero attached hydrogens (tertiary/aromatic N) is 3. The van der Waals surface area contributed by atoms with E-state index in [2.05, 4.69) is 15.5 Å². The van der Waals surface area contributed by atoms with Gasteiger partial charge in [0, 0.05) is 23.1 Å². The van der Waals surface area contributed by atoms with E-state index in [-0.39, 0.29) is 11.5 Å². The number of ether oxygens (including phenoxy) is 1. The van der Waals surface area contributed by atoms with Gasteiger partial charge in [0.05, 0.1) is 16.8 Å². The number of hydrogen-bond acceptors (Lipinski definition) is 7. The molecule has 0 saturated carbocycles. The van der Waals surface area contributed by atoms with E-state index in [4.69, 9.17) is 4.74 Å². The number of anilines is 1. The second kappa shape index (κ2) is 9.80. The van der Waals surface area contributed by atoms with E-state index < -0.39 is 4.92 Å². The van der Waals surface area contributed by atoms with Crippen LogP contribution in [0.15, 0.2) is 83.3 Å². The molecule has 0 saturated heterocycles. The Hall–Kier alpha value is -4.11. The van der Waals surface area contributed by atoms with Gasteiger partial charge in [-0.25, -0.2) is 9.37 Å². The van der Waals surface area contributed by atoms with Crippen LogP contribution in [-0.4, -0.2) is 16.1 Å². The zero-order chi connectivity index (χ0) is 22.3. The summed E-state index contributed by atoms with van der Waals surface area (Å²) in [5.74, 6) is 0.396. The van der Waals surface area contributed by atoms with Crippen molar-refractivity contribution in [2.45, 2.75) is 6.61 Å². The Bertz CT molecular complexity index is 1240. The molecule has 0 aliphatic heterocycles. The molecule has 0 unspecified atom stereocenters. The lowest BCUT2D eigenvalue weighted by Gasteiger charge is -2.07. The van der Waals surface area contributed by atoms with Crippen LogP contribution in [0.25, 0.3) is 11.3 Å². The molecular formula is C23H17FN4O3S. The molecule has 1 N–H and O–H groups in total. The third kappa shape index (κ3) is 5.52. The summed E-state index contributed by atoms with van der Waals surface area (Å²) in [6.07, 6.45) is 1.65. The van der Waals surface area contributed by atoms with Gasteiger partial charge < -0.3 is 4.74 Å². The highest BCUT2D eigenvalue weighted by Crippen LogP contribution is 2.26. The first-order valence-corrected chi connectivity index (χ1v) is 10.4. The van der Waals surface area contributed by atoms with Crippen molar-refractivity contribution in [1.29, 1.82) is 0 Å². The van der Waals surface area contributed by atoms with Crippen LogP contribution < -0.4 is 10.2 Å². The Morgan fingerprint density at radius 3 is 2.66 bits per heavy atom. The minimum atomic E-state index is -0.435. The molecule has 7 nitrogen and oxygen atoms in total. The smallest absolute Gasteiger partial charge is 0.269 e. The van der Waals surface area contributed by atoms with E-state index in [0.717, 1.165) is 16.7 Å². The number of benzene rings is 3. The zero-order valence-corrected chi connectivity index (χ0v) is 17.5. The third-order valence-electron chi connectivity index (χ3n) is 4.43. The molecule has 0 aliphatic carbocycles. The summed E-state index contributed by atoms with van der Waals surface area (Å²) in [6, 6.07) is 19.8. The molecule has 3 aromatic carbocycles. The van der Waals surface area contributed by atoms with Crippen LogP contribution in [0.2, 0.25) is 0 Å². The molecule has 0 aliphatic rings. The summed E-state index contributed by atoms with van der Waals surface area (Å²) in [5.41, 5.74) is 6.13. The van der Waals surface area contributed by atoms with E-state index in [9.17, 15) is 14.5 Å². The van der Waals surface area contributed by atoms with Gasteiger partial charge in [-0.3, -0.25) is 15.5 Å². The minimum Gasteiger partial charge on any atom is -0.489 e. The lowest BCUT2D eigenvalue weighted by Crippen LogP contribution is -1.96. The van der Waals surface area contributed by atoms with Crippen molar-refractivity contribution in [2.24, 2.45) is 5.10 Å². The molecule has 0 fully saturated rings. The summed E-state index contributed by atoms with van der Waals surface area (Å²) in [6.45, 7) is 0.337. The van der Waals surface area contributed by atoms with Crippen molar-refractivity contribution in [1.82, 2.24) is 4.98 Å². The van der Waals surface area contributed by atoms with Crippen LogP contribution in [-0.2, 0) is 6.61 Å². The van der Waals surface area contributed by atoms with E-state index in [1.54, 1.807) is 30.5 Å². The quantitative estimate of drug-likeness (QED) is 0.206. The summed E-state index contributed by atoms with van der Waals surface area (Å²) in [4.78, 5) is 14.8. The van der Waals surface area contributed by atoms with Gasteiger partial charge in [0.2, 0.25) is 5.13 Å². The van der Waals surface area contributed by atoms with Crippen LogP contribution in [0.4, 0.5) is 15.2 Å². The first kappa shape index (κ1) is 21.1. The molecule has 0 spiro atoms. The van der Waals surface area contributed by atoms with Crippen molar-refractivity contribution in [2.75, 3.05) is 5.43 Å². The minimum absolute atomic E-state index is 0.0378. The van der Waals surface area contributed by atoms with Gasteiger partial charge in [-0.2, -0.15) is 5.10 Å². The van der Waals surface area contributed by atoms with Gasteiger partial charge in [-0.1, -0.05) is 24.3 Å². The number of aromatic nitrogens is 1. The largest absolute Gasteiger partial charge is 0.489 e. The standard InChI is InChI=1S/C23H17FN4O3S/c24-19-8-4-16(5-9-19)14-31-21-3-1-2-17(12-21)13-25-27-23-26-22(15-32-23)18-6-10-20(11-7-18)28(29)30/h1-13,15H,14H2,(H,26,27)/b25-13-. The van der Waals surface area contributed by atoms with E-state index in [1.807, 2.05) is 29.6 Å². The summed E-state index contributed by atoms with van der Waals surface area (Å²) >= 11 is 1.38. The number of nitro groups is 1. The van der Waals surface area contributed by atoms with Crippen LogP contribution in [0, 0.1) is 15.9 Å². The third-order valence-corrected chi connectivity index (χ3v) is 5.18. The maximum atomic E-state index is 13.0. The number of hydrazone groups is 1. The van der Waals surface area contributed by atoms with Gasteiger partial charge >= 0.3 is 0 Å². The van der Waals surface area contributed by atoms with Crippen LogP contribution in [0.1, 0.15) is 11.1 Å². The van der Waals surface area contributed by atoms with Crippen LogP contribution in [0.5, 0.6) is 5.75 Å². The van der Waals surface area contributed by atoms with Gasteiger partial charge in [0.25, 0.3) is 5.69 Å². The summed E-state index contributed by atoms with van der Waals surface area (Å²) in [5, 5.41) is 17.4. The number of nitrogens with one attached hydrogen (secondary N) is 1. The number of rotatable bonds is 8. The fourth-order valence-electron chi connectivity index (χ4n) is 2.81. The topological polar surface area (TPSA) is 89.7 Å². The van der Waals surface area contributed by atoms with Crippen molar-refractivity contribution >= 4 is 28.4 Å². The molecule has 1 aromatic heterocycles. The van der Waals surface area contributed by atoms with Crippen molar-refractivity contribution in [3.63, 3.8) is 0 Å². The summed E-state index contributed by atoms with van der Waals surface area (Å²) < 4.78 is 18.7. The molecule has 4 rings (SSSR count). The van der Waals surface area contributed by atoms with Gasteiger partial charge in [-0.05, 0) is 47.5 Å². The number of non-ortho nitro benzene ring substituents is 1. The molecule has 0 radical (unpaired) electrons. The van der Waals surface area contributed by atoms with E-state index in [1.165, 1.54) is 35.6 Å². The Morgan fingerprint density at radius 2 is 1.91 bits per heavy atom. The predicted molar refractivity (Wildman–Crippen MR) is 123 cm³/mol. The average Bonchev–Trinajstić information content (AvgIpc) is 3.28. The SMILES string of the molecule is O=[N+]([O-])c1ccc(-c2csc(N/N=C\c3cccc(OCc4ccc(F)cc4)c3)n2)cc1. The maximum Gasteiger partial charge on any atom is 0.269 e. The second-order valence-electron chi connectivity index (χ2n) is 6.70. The monoisotopic (exact) mass is 448 g/mol. The fraction of sp³-hybridized carbons (Fsp3) is 0.0435. The van der Waals surface area contributed by atoms with Crippen molar-refractivity contribution < 1.29 is 14.1 Å². The van der Waals surface area contributed by atoms with Gasteiger partial charge in [0.1, 0.15) is 18.2 Å². The Morgan fingerprint density at radius 1 is 1.12 bits per heavy atom. The van der Waals surface area contributed by atoms with E-state index in [0.29, 0.717) is 23.2 Å².